The highest BCUT2D eigenvalue weighted by atomic mass is 16.3. The van der Waals surface area contributed by atoms with Crippen molar-refractivity contribution >= 4 is 0 Å². The number of hydrogen-bond donors (Lipinski definition) is 1. The molecule has 1 atom stereocenters. The molecular weight excluding hydrogens is 172 g/mol. The smallest absolute Gasteiger partial charge is 0.0540 e. The Labute approximate surface area is 87.9 Å². The average molecular weight is 194 g/mol. The van der Waals surface area contributed by atoms with Gasteiger partial charge in [-0.05, 0) is 31.6 Å². The van der Waals surface area contributed by atoms with Gasteiger partial charge in [-0.2, -0.15) is 0 Å². The van der Waals surface area contributed by atoms with Crippen molar-refractivity contribution in [2.24, 2.45) is 5.92 Å². The molecule has 1 heteroatoms. The number of hydrogen-bond acceptors (Lipinski definition) is 1. The Morgan fingerprint density at radius 3 is 2.64 bits per heavy atom. The van der Waals surface area contributed by atoms with Crippen molar-refractivity contribution in [1.29, 1.82) is 0 Å². The van der Waals surface area contributed by atoms with Gasteiger partial charge in [0.25, 0.3) is 0 Å². The molecule has 0 heterocycles. The maximum absolute atomic E-state index is 9.67. The van der Waals surface area contributed by atoms with Crippen LogP contribution in [0, 0.1) is 18.3 Å². The van der Waals surface area contributed by atoms with Gasteiger partial charge < -0.3 is 5.11 Å². The topological polar surface area (TPSA) is 20.2 Å². The van der Waals surface area contributed by atoms with Crippen LogP contribution in [0.3, 0.4) is 0 Å². The predicted molar refractivity (Wildman–Crippen MR) is 59.9 cm³/mol. The minimum Gasteiger partial charge on any atom is -0.393 e. The van der Waals surface area contributed by atoms with E-state index in [0.717, 1.165) is 31.6 Å². The van der Waals surface area contributed by atoms with E-state index in [1.165, 1.54) is 32.1 Å². The molecule has 14 heavy (non-hydrogen) atoms. The monoisotopic (exact) mass is 194 g/mol. The van der Waals surface area contributed by atoms with E-state index >= 15 is 0 Å². The largest absolute Gasteiger partial charge is 0.393 e. The first-order valence-electron chi connectivity index (χ1n) is 5.94. The first-order chi connectivity index (χ1) is 6.83. The summed E-state index contributed by atoms with van der Waals surface area (Å²) >= 11 is 0. The number of aliphatic hydroxyl groups is 1. The normalized spacial score (nSPS) is 19.4. The maximum Gasteiger partial charge on any atom is 0.0540 e. The van der Waals surface area contributed by atoms with Crippen LogP contribution in [-0.2, 0) is 0 Å². The zero-order valence-corrected chi connectivity index (χ0v) is 9.04. The second-order valence-electron chi connectivity index (χ2n) is 4.48. The lowest BCUT2D eigenvalue weighted by molar-refractivity contribution is 0.143. The molecule has 0 aromatic carbocycles. The fourth-order valence-electron chi connectivity index (χ4n) is 2.31. The molecule has 0 aromatic rings. The van der Waals surface area contributed by atoms with Crippen LogP contribution in [0.15, 0.2) is 0 Å². The maximum atomic E-state index is 9.67. The molecule has 0 aliphatic heterocycles. The molecule has 0 bridgehead atoms. The van der Waals surface area contributed by atoms with Crippen LogP contribution in [0.4, 0.5) is 0 Å². The first-order valence-corrected chi connectivity index (χ1v) is 5.94. The fourth-order valence-corrected chi connectivity index (χ4v) is 2.31. The fraction of sp³-hybridized carbons (Fsp3) is 0.846. The third-order valence-corrected chi connectivity index (χ3v) is 3.24. The summed E-state index contributed by atoms with van der Waals surface area (Å²) in [6.07, 6.45) is 15.5. The summed E-state index contributed by atoms with van der Waals surface area (Å²) in [4.78, 5) is 0. The van der Waals surface area contributed by atoms with Crippen molar-refractivity contribution in [3.8, 4) is 12.3 Å². The summed E-state index contributed by atoms with van der Waals surface area (Å²) in [6, 6.07) is 0. The number of terminal acetylenes is 1. The second kappa shape index (κ2) is 6.90. The Morgan fingerprint density at radius 1 is 1.29 bits per heavy atom. The number of rotatable bonds is 6. The Kier molecular flexibility index (Phi) is 5.71. The van der Waals surface area contributed by atoms with Crippen molar-refractivity contribution in [2.75, 3.05) is 0 Å². The molecule has 1 N–H and O–H groups in total. The standard InChI is InChI=1S/C13H22O/c1-2-3-4-9-13(14)11-10-12-7-5-6-8-12/h1,12-14H,3-11H2. The third kappa shape index (κ3) is 4.67. The SMILES string of the molecule is C#CCCCC(O)CCC1CCCC1. The molecular formula is C13H22O. The lowest BCUT2D eigenvalue weighted by Crippen LogP contribution is -2.08. The van der Waals surface area contributed by atoms with Crippen molar-refractivity contribution in [1.82, 2.24) is 0 Å². The van der Waals surface area contributed by atoms with Crippen LogP contribution < -0.4 is 0 Å². The van der Waals surface area contributed by atoms with E-state index in [0.29, 0.717) is 0 Å². The van der Waals surface area contributed by atoms with Gasteiger partial charge in [0.15, 0.2) is 0 Å². The summed E-state index contributed by atoms with van der Waals surface area (Å²) in [5.41, 5.74) is 0. The van der Waals surface area contributed by atoms with E-state index in [2.05, 4.69) is 5.92 Å². The first kappa shape index (κ1) is 11.6. The van der Waals surface area contributed by atoms with E-state index in [4.69, 9.17) is 6.42 Å². The molecule has 1 saturated carbocycles. The summed E-state index contributed by atoms with van der Waals surface area (Å²) in [5, 5.41) is 9.67. The highest BCUT2D eigenvalue weighted by molar-refractivity contribution is 4.83. The van der Waals surface area contributed by atoms with E-state index in [-0.39, 0.29) is 6.10 Å². The van der Waals surface area contributed by atoms with Crippen molar-refractivity contribution in [2.45, 2.75) is 63.9 Å². The molecule has 80 valence electrons. The van der Waals surface area contributed by atoms with Crippen molar-refractivity contribution in [3.05, 3.63) is 0 Å². The molecule has 0 spiro atoms. The highest BCUT2D eigenvalue weighted by Gasteiger charge is 2.16. The molecule has 1 aliphatic carbocycles. The van der Waals surface area contributed by atoms with Gasteiger partial charge in [-0.25, -0.2) is 0 Å². The Bertz CT molecular complexity index is 174. The van der Waals surface area contributed by atoms with Crippen LogP contribution in [0.1, 0.15) is 57.8 Å². The van der Waals surface area contributed by atoms with E-state index in [1.54, 1.807) is 0 Å². The van der Waals surface area contributed by atoms with Gasteiger partial charge in [-0.3, -0.25) is 0 Å². The number of unbranched alkanes of at least 4 members (excludes halogenated alkanes) is 1. The Morgan fingerprint density at radius 2 is 2.00 bits per heavy atom. The molecule has 0 aromatic heterocycles. The van der Waals surface area contributed by atoms with Crippen LogP contribution in [0.25, 0.3) is 0 Å². The molecule has 1 aliphatic rings. The lowest BCUT2D eigenvalue weighted by Gasteiger charge is -2.13. The molecule has 0 radical (unpaired) electrons. The van der Waals surface area contributed by atoms with Crippen LogP contribution in [-0.4, -0.2) is 11.2 Å². The van der Waals surface area contributed by atoms with Gasteiger partial charge in [0.1, 0.15) is 0 Å². The Balaban J connectivity index is 1.97. The van der Waals surface area contributed by atoms with Gasteiger partial charge >= 0.3 is 0 Å². The molecule has 1 rings (SSSR count). The lowest BCUT2D eigenvalue weighted by atomic mass is 9.97. The van der Waals surface area contributed by atoms with Crippen LogP contribution in [0.5, 0.6) is 0 Å². The van der Waals surface area contributed by atoms with Crippen LogP contribution in [0.2, 0.25) is 0 Å². The highest BCUT2D eigenvalue weighted by Crippen LogP contribution is 2.29. The second-order valence-corrected chi connectivity index (χ2v) is 4.48. The van der Waals surface area contributed by atoms with E-state index in [1.807, 2.05) is 0 Å². The van der Waals surface area contributed by atoms with Gasteiger partial charge in [0, 0.05) is 6.42 Å². The minimum absolute atomic E-state index is 0.107. The zero-order valence-electron chi connectivity index (χ0n) is 9.04. The van der Waals surface area contributed by atoms with Crippen LogP contribution >= 0.6 is 0 Å². The van der Waals surface area contributed by atoms with Gasteiger partial charge in [-0.1, -0.05) is 25.7 Å². The third-order valence-electron chi connectivity index (χ3n) is 3.24. The van der Waals surface area contributed by atoms with Gasteiger partial charge in [0.2, 0.25) is 0 Å². The summed E-state index contributed by atoms with van der Waals surface area (Å²) in [6.45, 7) is 0. The predicted octanol–water partition coefficient (Wildman–Crippen LogP) is 3.12. The summed E-state index contributed by atoms with van der Waals surface area (Å²) < 4.78 is 0. The van der Waals surface area contributed by atoms with E-state index in [9.17, 15) is 5.11 Å². The minimum atomic E-state index is -0.107. The molecule has 1 fully saturated rings. The quantitative estimate of drug-likeness (QED) is 0.509. The molecule has 0 amide bonds. The zero-order chi connectivity index (χ0) is 10.2. The van der Waals surface area contributed by atoms with Crippen molar-refractivity contribution < 1.29 is 5.11 Å². The van der Waals surface area contributed by atoms with E-state index < -0.39 is 0 Å². The van der Waals surface area contributed by atoms with Gasteiger partial charge in [0.05, 0.1) is 6.10 Å². The summed E-state index contributed by atoms with van der Waals surface area (Å²) in [5.74, 6) is 3.51. The average Bonchev–Trinajstić information content (AvgIpc) is 2.68. The van der Waals surface area contributed by atoms with Gasteiger partial charge in [-0.15, -0.1) is 12.3 Å². The molecule has 0 saturated heterocycles. The van der Waals surface area contributed by atoms with Crippen molar-refractivity contribution in [3.63, 3.8) is 0 Å². The Hall–Kier alpha value is -0.480. The molecule has 1 unspecified atom stereocenters. The summed E-state index contributed by atoms with van der Waals surface area (Å²) in [7, 11) is 0. The molecule has 1 nitrogen and oxygen atoms in total. The number of aliphatic hydroxyl groups excluding tert-OH is 1.